The summed E-state index contributed by atoms with van der Waals surface area (Å²) < 4.78 is 13.5. The molecular formula is C14H17FN2. The van der Waals surface area contributed by atoms with Gasteiger partial charge in [-0.05, 0) is 24.5 Å². The molecule has 2 aromatic rings. The molecule has 2 nitrogen and oxygen atoms in total. The number of benzene rings is 1. The van der Waals surface area contributed by atoms with E-state index in [1.165, 1.54) is 38.2 Å². The van der Waals surface area contributed by atoms with E-state index < -0.39 is 0 Å². The predicted molar refractivity (Wildman–Crippen MR) is 66.3 cm³/mol. The minimum Gasteiger partial charge on any atom is -0.342 e. The summed E-state index contributed by atoms with van der Waals surface area (Å²) in [6.45, 7) is 0. The number of imidazole rings is 1. The summed E-state index contributed by atoms with van der Waals surface area (Å²) in [6.07, 6.45) is 7.59. The van der Waals surface area contributed by atoms with E-state index in [2.05, 4.69) is 9.97 Å². The molecule has 3 rings (SSSR count). The third-order valence-electron chi connectivity index (χ3n) is 3.78. The number of hydrogen-bond acceptors (Lipinski definition) is 1. The van der Waals surface area contributed by atoms with Crippen molar-refractivity contribution in [2.45, 2.75) is 38.5 Å². The number of aromatic nitrogens is 2. The van der Waals surface area contributed by atoms with E-state index in [1.54, 1.807) is 6.07 Å². The maximum absolute atomic E-state index is 13.5. The first kappa shape index (κ1) is 10.8. The Morgan fingerprint density at radius 2 is 2.12 bits per heavy atom. The lowest BCUT2D eigenvalue weighted by Gasteiger charge is -2.05. The second-order valence-corrected chi connectivity index (χ2v) is 5.01. The van der Waals surface area contributed by atoms with E-state index in [9.17, 15) is 4.39 Å². The number of H-pyrrole nitrogens is 1. The van der Waals surface area contributed by atoms with E-state index >= 15 is 0 Å². The highest BCUT2D eigenvalue weighted by molar-refractivity contribution is 5.75. The topological polar surface area (TPSA) is 28.7 Å². The van der Waals surface area contributed by atoms with Crippen molar-refractivity contribution >= 4 is 11.0 Å². The Bertz CT molecular complexity index is 512. The minimum atomic E-state index is -0.231. The van der Waals surface area contributed by atoms with Crippen LogP contribution in [-0.4, -0.2) is 9.97 Å². The van der Waals surface area contributed by atoms with Crippen LogP contribution in [0.3, 0.4) is 0 Å². The molecule has 0 spiro atoms. The van der Waals surface area contributed by atoms with Gasteiger partial charge in [0.05, 0.1) is 5.52 Å². The second kappa shape index (κ2) is 4.47. The average Bonchev–Trinajstić information content (AvgIpc) is 2.95. The normalized spacial score (nSPS) is 17.0. The molecule has 0 aliphatic heterocycles. The summed E-state index contributed by atoms with van der Waals surface area (Å²) >= 11 is 0. The third-order valence-corrected chi connectivity index (χ3v) is 3.78. The summed E-state index contributed by atoms with van der Waals surface area (Å²) in [5, 5.41) is 0. The number of nitrogens with one attached hydrogen (secondary N) is 1. The molecule has 1 aromatic carbocycles. The maximum Gasteiger partial charge on any atom is 0.151 e. The highest BCUT2D eigenvalue weighted by Crippen LogP contribution is 2.28. The number of para-hydroxylation sites is 1. The molecule has 90 valence electrons. The van der Waals surface area contributed by atoms with Crippen molar-refractivity contribution in [3.05, 3.63) is 29.8 Å². The fourth-order valence-corrected chi connectivity index (χ4v) is 2.81. The van der Waals surface area contributed by atoms with Crippen LogP contribution in [-0.2, 0) is 6.42 Å². The average molecular weight is 232 g/mol. The molecule has 1 fully saturated rings. The molecular weight excluding hydrogens is 215 g/mol. The zero-order valence-electron chi connectivity index (χ0n) is 9.88. The Hall–Kier alpha value is -1.38. The third kappa shape index (κ3) is 2.19. The van der Waals surface area contributed by atoms with Gasteiger partial charge < -0.3 is 4.98 Å². The Morgan fingerprint density at radius 1 is 1.29 bits per heavy atom. The summed E-state index contributed by atoms with van der Waals surface area (Å²) in [5.41, 5.74) is 1.29. The Labute approximate surface area is 100 Å². The van der Waals surface area contributed by atoms with E-state index in [4.69, 9.17) is 0 Å². The van der Waals surface area contributed by atoms with Crippen molar-refractivity contribution in [3.63, 3.8) is 0 Å². The summed E-state index contributed by atoms with van der Waals surface area (Å²) in [7, 11) is 0. The predicted octanol–water partition coefficient (Wildman–Crippen LogP) is 3.82. The summed E-state index contributed by atoms with van der Waals surface area (Å²) in [6, 6.07) is 5.06. The van der Waals surface area contributed by atoms with Crippen molar-refractivity contribution in [2.24, 2.45) is 5.92 Å². The molecule has 1 aliphatic rings. The number of aryl methyl sites for hydroxylation is 1. The van der Waals surface area contributed by atoms with Gasteiger partial charge >= 0.3 is 0 Å². The Balaban J connectivity index is 1.74. The first-order chi connectivity index (χ1) is 8.33. The highest BCUT2D eigenvalue weighted by Gasteiger charge is 2.15. The van der Waals surface area contributed by atoms with E-state index in [1.807, 2.05) is 6.07 Å². The molecule has 1 aromatic heterocycles. The molecule has 1 N–H and O–H groups in total. The lowest BCUT2D eigenvalue weighted by atomic mass is 10.0. The van der Waals surface area contributed by atoms with Gasteiger partial charge in [-0.1, -0.05) is 31.7 Å². The van der Waals surface area contributed by atoms with Gasteiger partial charge in [0.15, 0.2) is 5.82 Å². The summed E-state index contributed by atoms with van der Waals surface area (Å²) in [4.78, 5) is 7.55. The molecule has 0 saturated heterocycles. The Kier molecular flexibility index (Phi) is 2.83. The smallest absolute Gasteiger partial charge is 0.151 e. The van der Waals surface area contributed by atoms with Gasteiger partial charge in [0.1, 0.15) is 11.3 Å². The number of aromatic amines is 1. The largest absolute Gasteiger partial charge is 0.342 e. The van der Waals surface area contributed by atoms with Crippen LogP contribution in [0.2, 0.25) is 0 Å². The van der Waals surface area contributed by atoms with Gasteiger partial charge in [-0.15, -0.1) is 0 Å². The number of fused-ring (bicyclic) bond motifs is 1. The SMILES string of the molecule is Fc1cccc2[nH]c(CCC3CCCC3)nc12. The van der Waals surface area contributed by atoms with Gasteiger partial charge in [0.25, 0.3) is 0 Å². The molecule has 1 aliphatic carbocycles. The van der Waals surface area contributed by atoms with Crippen LogP contribution in [0, 0.1) is 11.7 Å². The second-order valence-electron chi connectivity index (χ2n) is 5.01. The van der Waals surface area contributed by atoms with Crippen LogP contribution in [0.25, 0.3) is 11.0 Å². The standard InChI is InChI=1S/C14H17FN2/c15-11-6-3-7-12-14(11)17-13(16-12)9-8-10-4-1-2-5-10/h3,6-7,10H,1-2,4-5,8-9H2,(H,16,17). The van der Waals surface area contributed by atoms with Gasteiger partial charge in [0, 0.05) is 6.42 Å². The Morgan fingerprint density at radius 3 is 2.88 bits per heavy atom. The quantitative estimate of drug-likeness (QED) is 0.856. The molecule has 17 heavy (non-hydrogen) atoms. The number of halogens is 1. The van der Waals surface area contributed by atoms with Gasteiger partial charge in [0.2, 0.25) is 0 Å². The first-order valence-electron chi connectivity index (χ1n) is 6.46. The van der Waals surface area contributed by atoms with Crippen LogP contribution >= 0.6 is 0 Å². The van der Waals surface area contributed by atoms with Crippen molar-refractivity contribution in [2.75, 3.05) is 0 Å². The summed E-state index contributed by atoms with van der Waals surface area (Å²) in [5.74, 6) is 1.55. The highest BCUT2D eigenvalue weighted by atomic mass is 19.1. The van der Waals surface area contributed by atoms with Crippen LogP contribution in [0.5, 0.6) is 0 Å². The van der Waals surface area contributed by atoms with Crippen LogP contribution in [0.4, 0.5) is 4.39 Å². The lowest BCUT2D eigenvalue weighted by Crippen LogP contribution is -1.97. The maximum atomic E-state index is 13.5. The van der Waals surface area contributed by atoms with E-state index in [0.717, 1.165) is 23.7 Å². The molecule has 1 heterocycles. The molecule has 0 unspecified atom stereocenters. The molecule has 0 radical (unpaired) electrons. The molecule has 3 heteroatoms. The number of hydrogen-bond donors (Lipinski definition) is 1. The van der Waals surface area contributed by atoms with E-state index in [-0.39, 0.29) is 5.82 Å². The zero-order valence-corrected chi connectivity index (χ0v) is 9.88. The number of nitrogens with zero attached hydrogens (tertiary/aromatic N) is 1. The van der Waals surface area contributed by atoms with Crippen LogP contribution < -0.4 is 0 Å². The molecule has 0 amide bonds. The van der Waals surface area contributed by atoms with Crippen molar-refractivity contribution in [3.8, 4) is 0 Å². The molecule has 0 atom stereocenters. The van der Waals surface area contributed by atoms with E-state index in [0.29, 0.717) is 5.52 Å². The lowest BCUT2D eigenvalue weighted by molar-refractivity contribution is 0.498. The number of rotatable bonds is 3. The van der Waals surface area contributed by atoms with Crippen molar-refractivity contribution < 1.29 is 4.39 Å². The first-order valence-corrected chi connectivity index (χ1v) is 6.46. The minimum absolute atomic E-state index is 0.231. The zero-order chi connectivity index (χ0) is 11.7. The van der Waals surface area contributed by atoms with Crippen LogP contribution in [0.1, 0.15) is 37.9 Å². The fourth-order valence-electron chi connectivity index (χ4n) is 2.81. The van der Waals surface area contributed by atoms with Crippen molar-refractivity contribution in [1.29, 1.82) is 0 Å². The van der Waals surface area contributed by atoms with Gasteiger partial charge in [-0.25, -0.2) is 9.37 Å². The molecule has 1 saturated carbocycles. The monoisotopic (exact) mass is 232 g/mol. The fraction of sp³-hybridized carbons (Fsp3) is 0.500. The van der Waals surface area contributed by atoms with Gasteiger partial charge in [-0.3, -0.25) is 0 Å². The van der Waals surface area contributed by atoms with Crippen LogP contribution in [0.15, 0.2) is 18.2 Å². The van der Waals surface area contributed by atoms with Gasteiger partial charge in [-0.2, -0.15) is 0 Å². The molecule has 0 bridgehead atoms. The van der Waals surface area contributed by atoms with Crippen molar-refractivity contribution in [1.82, 2.24) is 9.97 Å².